The second-order valence-corrected chi connectivity index (χ2v) is 11.7. The molecule has 0 saturated carbocycles. The Morgan fingerprint density at radius 2 is 1.49 bits per heavy atom. The summed E-state index contributed by atoms with van der Waals surface area (Å²) in [4.78, 5) is 48.3. The van der Waals surface area contributed by atoms with Crippen molar-refractivity contribution < 1.29 is 39.6 Å². The number of nitrogens with two attached hydrogens (primary N) is 1. The van der Waals surface area contributed by atoms with Gasteiger partial charge in [-0.25, -0.2) is 4.79 Å². The van der Waals surface area contributed by atoms with Gasteiger partial charge in [-0.15, -0.1) is 0 Å². The van der Waals surface area contributed by atoms with Gasteiger partial charge in [-0.3, -0.25) is 14.4 Å². The molecule has 6 N–H and O–H groups in total. The monoisotopic (exact) mass is 663 g/mol. The lowest BCUT2D eigenvalue weighted by molar-refractivity contribution is -0.170. The molecule has 0 heterocycles. The number of carboxylic acid groups (broad SMARTS) is 3. The number of aliphatic carboxylic acids is 3. The summed E-state index contributed by atoms with van der Waals surface area (Å²) in [6, 6.07) is 19.7. The lowest BCUT2D eigenvalue weighted by atomic mass is 9.94. The number of fused-ring (bicyclic) bond motifs is 1. The number of carbonyl (C=O) groups excluding carboxylic acids is 1. The van der Waals surface area contributed by atoms with Crippen LogP contribution in [0.4, 0.5) is 0 Å². The summed E-state index contributed by atoms with van der Waals surface area (Å²) in [5.74, 6) is -4.86. The molecular formula is C32H39Cl2N3O8. The predicted octanol–water partition coefficient (Wildman–Crippen LogP) is 4.42. The summed E-state index contributed by atoms with van der Waals surface area (Å²) in [6.45, 7) is 2.64. The van der Waals surface area contributed by atoms with Crippen LogP contribution in [0.3, 0.4) is 0 Å². The highest BCUT2D eigenvalue weighted by molar-refractivity contribution is 6.42. The quantitative estimate of drug-likeness (QED) is 0.156. The first kappa shape index (κ1) is 37.4. The Hall–Kier alpha value is -3.74. The van der Waals surface area contributed by atoms with Gasteiger partial charge in [-0.2, -0.15) is 0 Å². The second kappa shape index (κ2) is 17.7. The molecule has 3 aromatic carbocycles. The molecule has 1 amide bonds. The molecular weight excluding hydrogens is 625 g/mol. The van der Waals surface area contributed by atoms with E-state index in [1.54, 1.807) is 0 Å². The summed E-state index contributed by atoms with van der Waals surface area (Å²) < 4.78 is 0. The molecule has 0 aliphatic rings. The van der Waals surface area contributed by atoms with Crippen molar-refractivity contribution in [1.82, 2.24) is 9.80 Å². The summed E-state index contributed by atoms with van der Waals surface area (Å²) in [5, 5.41) is 36.9. The Morgan fingerprint density at radius 3 is 2.04 bits per heavy atom. The molecule has 244 valence electrons. The third-order valence-electron chi connectivity index (χ3n) is 7.01. The highest BCUT2D eigenvalue weighted by Crippen LogP contribution is 2.30. The summed E-state index contributed by atoms with van der Waals surface area (Å²) >= 11 is 12.5. The Balaban J connectivity index is 0.000000459. The van der Waals surface area contributed by atoms with Crippen LogP contribution in [0.1, 0.15) is 47.5 Å². The van der Waals surface area contributed by atoms with Crippen molar-refractivity contribution in [3.05, 3.63) is 81.8 Å². The normalized spacial score (nSPS) is 11.9. The van der Waals surface area contributed by atoms with Crippen molar-refractivity contribution >= 4 is 57.8 Å². The van der Waals surface area contributed by atoms with Crippen LogP contribution >= 0.6 is 23.2 Å². The van der Waals surface area contributed by atoms with Crippen molar-refractivity contribution in [3.8, 4) is 0 Å². The topological polar surface area (TPSA) is 182 Å². The van der Waals surface area contributed by atoms with Crippen LogP contribution in [0, 0.1) is 0 Å². The zero-order chi connectivity index (χ0) is 33.7. The van der Waals surface area contributed by atoms with Crippen molar-refractivity contribution in [3.63, 3.8) is 0 Å². The summed E-state index contributed by atoms with van der Waals surface area (Å²) in [6.07, 6.45) is -0.644. The van der Waals surface area contributed by atoms with E-state index in [1.807, 2.05) is 65.6 Å². The van der Waals surface area contributed by atoms with Gasteiger partial charge in [0.05, 0.1) is 22.9 Å². The minimum Gasteiger partial charge on any atom is -0.481 e. The van der Waals surface area contributed by atoms with E-state index in [9.17, 15) is 19.2 Å². The minimum absolute atomic E-state index is 0.0326. The van der Waals surface area contributed by atoms with Gasteiger partial charge in [0.1, 0.15) is 0 Å². The van der Waals surface area contributed by atoms with E-state index in [1.165, 1.54) is 0 Å². The Labute approximate surface area is 271 Å². The van der Waals surface area contributed by atoms with Crippen LogP contribution in [-0.2, 0) is 14.4 Å². The number of benzene rings is 3. The average Bonchev–Trinajstić information content (AvgIpc) is 2.97. The van der Waals surface area contributed by atoms with Crippen LogP contribution in [0.2, 0.25) is 10.0 Å². The number of carbonyl (C=O) groups is 4. The zero-order valence-electron chi connectivity index (χ0n) is 25.2. The number of aliphatic hydroxyl groups is 1. The molecule has 13 heteroatoms. The summed E-state index contributed by atoms with van der Waals surface area (Å²) in [7, 11) is 4.11. The van der Waals surface area contributed by atoms with Gasteiger partial charge >= 0.3 is 17.9 Å². The van der Waals surface area contributed by atoms with Gasteiger partial charge < -0.3 is 36.0 Å². The first-order chi connectivity index (χ1) is 21.2. The fourth-order valence-electron chi connectivity index (χ4n) is 4.66. The first-order valence-corrected chi connectivity index (χ1v) is 14.9. The molecule has 0 bridgehead atoms. The Kier molecular flexibility index (Phi) is 14.7. The van der Waals surface area contributed by atoms with E-state index in [2.05, 4.69) is 19.0 Å². The van der Waals surface area contributed by atoms with E-state index < -0.39 is 36.4 Å². The molecule has 0 aliphatic heterocycles. The maximum atomic E-state index is 13.7. The standard InChI is InChI=1S/C26H31Cl2N3O.C6H8O7/c1-30(2)16-13-21(20-11-12-24(27)25(28)17-20)18-31(15-6-14-29)26(32)23-10-5-8-19-7-3-4-9-22(19)23;7-3(8)1-6(13,5(11)12)2-4(9)10/h3-5,7-12,17,21H,6,13-16,18,29H2,1-2H3;13H,1-2H2,(H,7,8)(H,9,10)(H,11,12). The SMILES string of the molecule is CN(C)CCC(CN(CCCN)C(=O)c1cccc2ccccc12)c1ccc(Cl)c(Cl)c1.O=C(O)CC(O)(CC(=O)O)C(=O)O. The second-order valence-electron chi connectivity index (χ2n) is 10.9. The number of halogens is 2. The molecule has 3 rings (SSSR count). The lowest BCUT2D eigenvalue weighted by Crippen LogP contribution is -2.42. The minimum atomic E-state index is -2.74. The molecule has 3 aromatic rings. The fraction of sp³-hybridized carbons (Fsp3) is 0.375. The predicted molar refractivity (Wildman–Crippen MR) is 173 cm³/mol. The van der Waals surface area contributed by atoms with Crippen molar-refractivity contribution in [1.29, 1.82) is 0 Å². The number of hydrogen-bond donors (Lipinski definition) is 5. The molecule has 0 aliphatic carbocycles. The third-order valence-corrected chi connectivity index (χ3v) is 7.74. The smallest absolute Gasteiger partial charge is 0.336 e. The molecule has 11 nitrogen and oxygen atoms in total. The van der Waals surface area contributed by atoms with E-state index in [4.69, 9.17) is 49.4 Å². The van der Waals surface area contributed by atoms with E-state index >= 15 is 0 Å². The first-order valence-electron chi connectivity index (χ1n) is 14.1. The van der Waals surface area contributed by atoms with Gasteiger partial charge in [0, 0.05) is 24.6 Å². The number of carboxylic acids is 3. The number of amides is 1. The van der Waals surface area contributed by atoms with Crippen LogP contribution in [-0.4, -0.2) is 99.9 Å². The fourth-order valence-corrected chi connectivity index (χ4v) is 4.97. The van der Waals surface area contributed by atoms with E-state index in [0.717, 1.165) is 41.3 Å². The van der Waals surface area contributed by atoms with Gasteiger partial charge in [0.15, 0.2) is 5.60 Å². The maximum Gasteiger partial charge on any atom is 0.336 e. The molecule has 1 unspecified atom stereocenters. The van der Waals surface area contributed by atoms with Crippen LogP contribution in [0.5, 0.6) is 0 Å². The third kappa shape index (κ3) is 11.6. The van der Waals surface area contributed by atoms with Crippen molar-refractivity contribution in [2.45, 2.75) is 37.2 Å². The molecule has 0 spiro atoms. The molecule has 0 fully saturated rings. The van der Waals surface area contributed by atoms with Gasteiger partial charge in [0.25, 0.3) is 5.91 Å². The number of hydrogen-bond acceptors (Lipinski definition) is 7. The van der Waals surface area contributed by atoms with Crippen LogP contribution in [0.15, 0.2) is 60.7 Å². The molecule has 0 radical (unpaired) electrons. The van der Waals surface area contributed by atoms with Gasteiger partial charge in [-0.1, -0.05) is 65.7 Å². The maximum absolute atomic E-state index is 13.7. The average molecular weight is 665 g/mol. The molecule has 0 aromatic heterocycles. The van der Waals surface area contributed by atoms with E-state index in [-0.39, 0.29) is 11.8 Å². The van der Waals surface area contributed by atoms with Crippen LogP contribution < -0.4 is 5.73 Å². The van der Waals surface area contributed by atoms with Gasteiger partial charge in [-0.05, 0) is 74.6 Å². The molecule has 0 saturated heterocycles. The molecule has 1 atom stereocenters. The van der Waals surface area contributed by atoms with E-state index in [0.29, 0.717) is 29.7 Å². The Morgan fingerprint density at radius 1 is 0.867 bits per heavy atom. The summed E-state index contributed by atoms with van der Waals surface area (Å²) in [5.41, 5.74) is 4.88. The van der Waals surface area contributed by atoms with Crippen molar-refractivity contribution in [2.24, 2.45) is 5.73 Å². The Bertz CT molecular complexity index is 1460. The highest BCUT2D eigenvalue weighted by Gasteiger charge is 2.40. The largest absolute Gasteiger partial charge is 0.481 e. The molecule has 45 heavy (non-hydrogen) atoms. The van der Waals surface area contributed by atoms with Crippen molar-refractivity contribution in [2.75, 3.05) is 40.3 Å². The van der Waals surface area contributed by atoms with Crippen LogP contribution in [0.25, 0.3) is 10.8 Å². The highest BCUT2D eigenvalue weighted by atomic mass is 35.5. The number of nitrogens with zero attached hydrogens (tertiary/aromatic N) is 2. The zero-order valence-corrected chi connectivity index (χ0v) is 26.7. The number of rotatable bonds is 15. The van der Waals surface area contributed by atoms with Gasteiger partial charge in [0.2, 0.25) is 0 Å². The lowest BCUT2D eigenvalue weighted by Gasteiger charge is -2.29.